The van der Waals surface area contributed by atoms with Crippen molar-refractivity contribution in [1.82, 2.24) is 9.21 Å². The molecule has 0 radical (unpaired) electrons. The van der Waals surface area contributed by atoms with E-state index in [0.29, 0.717) is 19.0 Å². The highest BCUT2D eigenvalue weighted by Gasteiger charge is 2.16. The van der Waals surface area contributed by atoms with Crippen LogP contribution >= 0.6 is 0 Å². The van der Waals surface area contributed by atoms with Gasteiger partial charge in [0.05, 0.1) is 12.0 Å². The standard InChI is InChI=1S/C20H28N2O5S/c1-21(2)28(23,24)20-11-9-19(10-12-20)27-16-14-22(3)13-15-26-18-7-5-17(25-4)6-8-18/h5-12H,13-16H2,1-4H3. The zero-order valence-electron chi connectivity index (χ0n) is 16.8. The molecule has 0 aromatic heterocycles. The molecule has 2 rings (SSSR count). The van der Waals surface area contributed by atoms with Crippen LogP contribution in [0.15, 0.2) is 53.4 Å². The van der Waals surface area contributed by atoms with Gasteiger partial charge in [0.25, 0.3) is 0 Å². The molecule has 0 spiro atoms. The smallest absolute Gasteiger partial charge is 0.242 e. The predicted octanol–water partition coefficient (Wildman–Crippen LogP) is 2.34. The first-order valence-corrected chi connectivity index (χ1v) is 10.4. The summed E-state index contributed by atoms with van der Waals surface area (Å²) in [6.07, 6.45) is 0. The second-order valence-electron chi connectivity index (χ2n) is 6.43. The quantitative estimate of drug-likeness (QED) is 0.569. The van der Waals surface area contributed by atoms with Crippen LogP contribution in [0.4, 0.5) is 0 Å². The van der Waals surface area contributed by atoms with E-state index in [-0.39, 0.29) is 4.90 Å². The fraction of sp³-hybridized carbons (Fsp3) is 0.400. The number of rotatable bonds is 11. The summed E-state index contributed by atoms with van der Waals surface area (Å²) in [6, 6.07) is 13.9. The van der Waals surface area contributed by atoms with Gasteiger partial charge in [0.2, 0.25) is 10.0 Å². The lowest BCUT2D eigenvalue weighted by Crippen LogP contribution is -2.28. The van der Waals surface area contributed by atoms with Gasteiger partial charge < -0.3 is 14.2 Å². The number of benzene rings is 2. The Kier molecular flexibility index (Phi) is 8.10. The molecular weight excluding hydrogens is 380 g/mol. The van der Waals surface area contributed by atoms with Crippen molar-refractivity contribution in [3.05, 3.63) is 48.5 Å². The van der Waals surface area contributed by atoms with Gasteiger partial charge in [-0.15, -0.1) is 0 Å². The minimum atomic E-state index is -3.42. The second-order valence-corrected chi connectivity index (χ2v) is 8.59. The van der Waals surface area contributed by atoms with Crippen LogP contribution in [0.5, 0.6) is 17.2 Å². The predicted molar refractivity (Wildman–Crippen MR) is 109 cm³/mol. The molecule has 0 aliphatic heterocycles. The van der Waals surface area contributed by atoms with Crippen LogP contribution in [0.3, 0.4) is 0 Å². The number of nitrogens with zero attached hydrogens (tertiary/aromatic N) is 2. The normalized spacial score (nSPS) is 11.6. The molecule has 0 saturated heterocycles. The summed E-state index contributed by atoms with van der Waals surface area (Å²) in [6.45, 7) is 2.55. The molecule has 0 aliphatic carbocycles. The van der Waals surface area contributed by atoms with E-state index in [1.165, 1.54) is 18.4 Å². The summed E-state index contributed by atoms with van der Waals surface area (Å²) in [4.78, 5) is 2.35. The largest absolute Gasteiger partial charge is 0.497 e. The minimum absolute atomic E-state index is 0.248. The Hall–Kier alpha value is -2.29. The van der Waals surface area contributed by atoms with E-state index in [4.69, 9.17) is 14.2 Å². The summed E-state index contributed by atoms with van der Waals surface area (Å²) >= 11 is 0. The van der Waals surface area contributed by atoms with Crippen LogP contribution in [0.25, 0.3) is 0 Å². The number of hydrogen-bond acceptors (Lipinski definition) is 6. The van der Waals surface area contributed by atoms with Crippen LogP contribution in [0, 0.1) is 0 Å². The van der Waals surface area contributed by atoms with E-state index in [2.05, 4.69) is 4.90 Å². The molecule has 0 unspecified atom stereocenters. The van der Waals surface area contributed by atoms with Crippen molar-refractivity contribution in [2.45, 2.75) is 4.90 Å². The highest BCUT2D eigenvalue weighted by molar-refractivity contribution is 7.89. The Labute approximate surface area is 167 Å². The van der Waals surface area contributed by atoms with Gasteiger partial charge in [0.1, 0.15) is 30.5 Å². The molecule has 0 heterocycles. The van der Waals surface area contributed by atoms with Gasteiger partial charge >= 0.3 is 0 Å². The van der Waals surface area contributed by atoms with Crippen LogP contribution < -0.4 is 14.2 Å². The molecule has 2 aromatic carbocycles. The molecule has 2 aromatic rings. The van der Waals surface area contributed by atoms with Crippen molar-refractivity contribution in [1.29, 1.82) is 0 Å². The summed E-state index contributed by atoms with van der Waals surface area (Å²) in [5, 5.41) is 0. The summed E-state index contributed by atoms with van der Waals surface area (Å²) in [5.41, 5.74) is 0. The summed E-state index contributed by atoms with van der Waals surface area (Å²) < 4.78 is 41.8. The Morgan fingerprint density at radius 2 is 1.18 bits per heavy atom. The van der Waals surface area contributed by atoms with Gasteiger partial charge in [0.15, 0.2) is 0 Å². The molecule has 8 heteroatoms. The number of ether oxygens (including phenoxy) is 3. The minimum Gasteiger partial charge on any atom is -0.497 e. The van der Waals surface area contributed by atoms with Crippen LogP contribution in [-0.2, 0) is 10.0 Å². The first-order valence-electron chi connectivity index (χ1n) is 8.93. The molecule has 0 N–H and O–H groups in total. The van der Waals surface area contributed by atoms with E-state index < -0.39 is 10.0 Å². The van der Waals surface area contributed by atoms with Gasteiger partial charge in [-0.05, 0) is 55.6 Å². The van der Waals surface area contributed by atoms with E-state index >= 15 is 0 Å². The highest BCUT2D eigenvalue weighted by Crippen LogP contribution is 2.18. The topological polar surface area (TPSA) is 68.3 Å². The van der Waals surface area contributed by atoms with Gasteiger partial charge in [-0.1, -0.05) is 0 Å². The van der Waals surface area contributed by atoms with Crippen molar-refractivity contribution in [2.24, 2.45) is 0 Å². The molecule has 0 amide bonds. The zero-order chi connectivity index (χ0) is 20.6. The van der Waals surface area contributed by atoms with Gasteiger partial charge in [-0.3, -0.25) is 4.90 Å². The molecule has 0 fully saturated rings. The van der Waals surface area contributed by atoms with Crippen LogP contribution in [-0.4, -0.2) is 72.2 Å². The molecule has 0 atom stereocenters. The first kappa shape index (κ1) is 22.0. The number of methoxy groups -OCH3 is 1. The third-order valence-electron chi connectivity index (χ3n) is 4.15. The third-order valence-corrected chi connectivity index (χ3v) is 5.97. The molecule has 154 valence electrons. The SMILES string of the molecule is COc1ccc(OCCN(C)CCOc2ccc(S(=O)(=O)N(C)C)cc2)cc1. The molecule has 0 bridgehead atoms. The number of likely N-dealkylation sites (N-methyl/N-ethyl adjacent to an activating group) is 1. The summed E-state index contributed by atoms with van der Waals surface area (Å²) in [5.74, 6) is 2.24. The maximum atomic E-state index is 12.0. The molecule has 7 nitrogen and oxygen atoms in total. The van der Waals surface area contributed by atoms with Gasteiger partial charge in [-0.25, -0.2) is 12.7 Å². The lowest BCUT2D eigenvalue weighted by atomic mass is 10.3. The Morgan fingerprint density at radius 3 is 1.61 bits per heavy atom. The monoisotopic (exact) mass is 408 g/mol. The maximum absolute atomic E-state index is 12.0. The molecular formula is C20H28N2O5S. The number of sulfonamides is 1. The Balaban J connectivity index is 1.69. The Bertz CT molecular complexity index is 821. The van der Waals surface area contributed by atoms with Crippen LogP contribution in [0.1, 0.15) is 0 Å². The van der Waals surface area contributed by atoms with E-state index in [9.17, 15) is 8.42 Å². The van der Waals surface area contributed by atoms with E-state index in [1.807, 2.05) is 31.3 Å². The zero-order valence-corrected chi connectivity index (χ0v) is 17.6. The van der Waals surface area contributed by atoms with Crippen molar-refractivity contribution in [3.63, 3.8) is 0 Å². The van der Waals surface area contributed by atoms with Crippen molar-refractivity contribution in [2.75, 3.05) is 54.6 Å². The van der Waals surface area contributed by atoms with E-state index in [1.54, 1.807) is 31.4 Å². The first-order chi connectivity index (χ1) is 13.3. The van der Waals surface area contributed by atoms with Crippen molar-refractivity contribution in [3.8, 4) is 17.2 Å². The van der Waals surface area contributed by atoms with Crippen molar-refractivity contribution < 1.29 is 22.6 Å². The Morgan fingerprint density at radius 1 is 0.750 bits per heavy atom. The van der Waals surface area contributed by atoms with Gasteiger partial charge in [-0.2, -0.15) is 0 Å². The molecule has 0 aliphatic rings. The average Bonchev–Trinajstić information content (AvgIpc) is 2.69. The third kappa shape index (κ3) is 6.40. The summed E-state index contributed by atoms with van der Waals surface area (Å²) in [7, 11) is 3.23. The fourth-order valence-corrected chi connectivity index (χ4v) is 3.24. The lowest BCUT2D eigenvalue weighted by molar-refractivity contribution is 0.202. The molecule has 0 saturated carbocycles. The highest BCUT2D eigenvalue weighted by atomic mass is 32.2. The van der Waals surface area contributed by atoms with Crippen LogP contribution in [0.2, 0.25) is 0 Å². The lowest BCUT2D eigenvalue weighted by Gasteiger charge is -2.17. The number of hydrogen-bond donors (Lipinski definition) is 0. The average molecular weight is 409 g/mol. The molecule has 28 heavy (non-hydrogen) atoms. The fourth-order valence-electron chi connectivity index (χ4n) is 2.34. The maximum Gasteiger partial charge on any atom is 0.242 e. The van der Waals surface area contributed by atoms with Gasteiger partial charge in [0, 0.05) is 27.2 Å². The van der Waals surface area contributed by atoms with Crippen molar-refractivity contribution >= 4 is 10.0 Å². The second kappa shape index (κ2) is 10.3. The van der Waals surface area contributed by atoms with E-state index in [0.717, 1.165) is 24.6 Å².